The fraction of sp³-hybridized carbons (Fsp3) is 0.536. The summed E-state index contributed by atoms with van der Waals surface area (Å²) in [6.45, 7) is 13.4. The third-order valence-electron chi connectivity index (χ3n) is 7.22. The smallest absolute Gasteiger partial charge is 0.410 e. The molecule has 2 saturated carbocycles. The minimum atomic E-state index is -0.531. The molecule has 0 aromatic carbocycles. The van der Waals surface area contributed by atoms with Crippen LogP contribution in [0.1, 0.15) is 74.9 Å². The monoisotopic (exact) mass is 486 g/mol. The molecule has 188 valence electrons. The number of carbonyl (C=O) groups is 1. The second kappa shape index (κ2) is 9.20. The number of hydrogen-bond donors (Lipinski definition) is 0. The van der Waals surface area contributed by atoms with E-state index in [0.717, 1.165) is 53.9 Å². The van der Waals surface area contributed by atoms with E-state index in [9.17, 15) is 10.1 Å². The van der Waals surface area contributed by atoms with Gasteiger partial charge in [-0.2, -0.15) is 15.5 Å². The molecule has 8 heteroatoms. The van der Waals surface area contributed by atoms with Crippen molar-refractivity contribution in [3.63, 3.8) is 0 Å². The summed E-state index contributed by atoms with van der Waals surface area (Å²) < 4.78 is 5.72. The number of nitriles is 1. The van der Waals surface area contributed by atoms with Crippen LogP contribution in [0, 0.1) is 24.2 Å². The van der Waals surface area contributed by atoms with E-state index >= 15 is 0 Å². The Balaban J connectivity index is 1.51. The molecule has 2 aromatic rings. The van der Waals surface area contributed by atoms with Crippen molar-refractivity contribution in [2.24, 2.45) is 5.92 Å². The second-order valence-electron chi connectivity index (χ2n) is 11.2. The van der Waals surface area contributed by atoms with Gasteiger partial charge in [0.1, 0.15) is 17.5 Å². The minimum absolute atomic E-state index is 0.0610. The van der Waals surface area contributed by atoms with E-state index in [4.69, 9.17) is 9.72 Å². The maximum absolute atomic E-state index is 13.0. The van der Waals surface area contributed by atoms with Crippen LogP contribution in [0.5, 0.6) is 0 Å². The van der Waals surface area contributed by atoms with Crippen molar-refractivity contribution in [3.8, 4) is 17.2 Å². The Hall–Kier alpha value is -3.47. The van der Waals surface area contributed by atoms with Crippen molar-refractivity contribution >= 4 is 18.0 Å². The number of pyridine rings is 1. The number of anilines is 1. The molecule has 3 fully saturated rings. The molecule has 3 heterocycles. The Morgan fingerprint density at radius 2 is 2.00 bits per heavy atom. The largest absolute Gasteiger partial charge is 0.444 e. The number of hydrogen-bond acceptors (Lipinski definition) is 7. The van der Waals surface area contributed by atoms with Crippen molar-refractivity contribution in [2.45, 2.75) is 70.9 Å². The molecule has 2 aromatic heterocycles. The van der Waals surface area contributed by atoms with Crippen LogP contribution in [0.15, 0.2) is 18.8 Å². The molecule has 1 aliphatic heterocycles. The molecule has 36 heavy (non-hydrogen) atoms. The average Bonchev–Trinajstić information content (AvgIpc) is 3.75. The molecule has 1 unspecified atom stereocenters. The quantitative estimate of drug-likeness (QED) is 0.582. The zero-order valence-electron chi connectivity index (χ0n) is 21.6. The summed E-state index contributed by atoms with van der Waals surface area (Å²) in [7, 11) is 0. The Morgan fingerprint density at radius 3 is 2.61 bits per heavy atom. The maximum atomic E-state index is 13.0. The molecular weight excluding hydrogens is 452 g/mol. The summed E-state index contributed by atoms with van der Waals surface area (Å²) in [5.41, 5.74) is 4.61. The number of amides is 1. The number of nitrogens with zero attached hydrogens (tertiary/aromatic N) is 6. The van der Waals surface area contributed by atoms with Gasteiger partial charge < -0.3 is 14.5 Å². The Kier molecular flexibility index (Phi) is 6.19. The molecule has 0 spiro atoms. The predicted molar refractivity (Wildman–Crippen MR) is 138 cm³/mol. The van der Waals surface area contributed by atoms with Crippen LogP contribution in [0.4, 0.5) is 10.6 Å². The number of aromatic nitrogens is 3. The van der Waals surface area contributed by atoms with Crippen molar-refractivity contribution in [3.05, 3.63) is 41.4 Å². The first-order valence-corrected chi connectivity index (χ1v) is 12.8. The summed E-state index contributed by atoms with van der Waals surface area (Å²) in [4.78, 5) is 22.3. The van der Waals surface area contributed by atoms with Gasteiger partial charge in [0, 0.05) is 36.7 Å². The van der Waals surface area contributed by atoms with Gasteiger partial charge >= 0.3 is 6.09 Å². The maximum Gasteiger partial charge on any atom is 0.410 e. The summed E-state index contributed by atoms with van der Waals surface area (Å²) in [6.07, 6.45) is 7.58. The van der Waals surface area contributed by atoms with Gasteiger partial charge in [-0.1, -0.05) is 6.58 Å². The standard InChI is InChI=1S/C28H34N6O2/c1-6-21-13-20(15-30-32-21)24-17(2)22(14-29)26(31-25(24)19-9-10-19)33-11-12-34(23(16-33)18-7-8-18)27(35)36-28(3,4)5/h6,13,15,18-19,23H,1,7-12,16H2,2-5H3. The van der Waals surface area contributed by atoms with Gasteiger partial charge in [0.25, 0.3) is 0 Å². The normalized spacial score (nSPS) is 20.1. The van der Waals surface area contributed by atoms with Gasteiger partial charge in [-0.05, 0) is 77.0 Å². The molecular formula is C28H34N6O2. The lowest BCUT2D eigenvalue weighted by molar-refractivity contribution is 0.0116. The van der Waals surface area contributed by atoms with Gasteiger partial charge in [-0.25, -0.2) is 9.78 Å². The highest BCUT2D eigenvalue weighted by Gasteiger charge is 2.43. The average molecular weight is 487 g/mol. The molecule has 0 bridgehead atoms. The molecule has 3 aliphatic rings. The van der Waals surface area contributed by atoms with Crippen LogP contribution in [0.2, 0.25) is 0 Å². The van der Waals surface area contributed by atoms with Gasteiger partial charge in [-0.15, -0.1) is 0 Å². The van der Waals surface area contributed by atoms with E-state index < -0.39 is 5.60 Å². The third kappa shape index (κ3) is 4.79. The van der Waals surface area contributed by atoms with Crippen LogP contribution in [0.3, 0.4) is 0 Å². The molecule has 1 atom stereocenters. The molecule has 1 amide bonds. The highest BCUT2D eigenvalue weighted by Crippen LogP contribution is 2.47. The first-order chi connectivity index (χ1) is 17.2. The SMILES string of the molecule is C=Cc1cc(-c2c(C3CC3)nc(N3CCN(C(=O)OC(C)(C)C)C(C4CC4)C3)c(C#N)c2C)cnn1. The van der Waals surface area contributed by atoms with E-state index in [1.165, 1.54) is 0 Å². The zero-order chi connectivity index (χ0) is 25.6. The predicted octanol–water partition coefficient (Wildman–Crippen LogP) is 5.07. The van der Waals surface area contributed by atoms with Gasteiger partial charge in [0.2, 0.25) is 0 Å². The third-order valence-corrected chi connectivity index (χ3v) is 7.22. The van der Waals surface area contributed by atoms with E-state index in [2.05, 4.69) is 27.7 Å². The molecule has 0 radical (unpaired) electrons. The summed E-state index contributed by atoms with van der Waals surface area (Å²) >= 11 is 0. The highest BCUT2D eigenvalue weighted by molar-refractivity contribution is 5.77. The number of rotatable bonds is 5. The fourth-order valence-electron chi connectivity index (χ4n) is 5.14. The first-order valence-electron chi connectivity index (χ1n) is 12.8. The van der Waals surface area contributed by atoms with E-state index in [0.29, 0.717) is 42.7 Å². The van der Waals surface area contributed by atoms with E-state index in [-0.39, 0.29) is 12.1 Å². The second-order valence-corrected chi connectivity index (χ2v) is 11.2. The van der Waals surface area contributed by atoms with Gasteiger partial charge in [0.15, 0.2) is 0 Å². The van der Waals surface area contributed by atoms with Gasteiger partial charge in [0.05, 0.1) is 29.2 Å². The lowest BCUT2D eigenvalue weighted by Crippen LogP contribution is -2.57. The molecule has 8 nitrogen and oxygen atoms in total. The Bertz CT molecular complexity index is 1240. The highest BCUT2D eigenvalue weighted by atomic mass is 16.6. The van der Waals surface area contributed by atoms with E-state index in [1.807, 2.05) is 38.7 Å². The van der Waals surface area contributed by atoms with Crippen molar-refractivity contribution in [1.82, 2.24) is 20.1 Å². The van der Waals surface area contributed by atoms with Crippen LogP contribution >= 0.6 is 0 Å². The Labute approximate surface area is 213 Å². The fourth-order valence-corrected chi connectivity index (χ4v) is 5.14. The van der Waals surface area contributed by atoms with Crippen LogP contribution in [-0.2, 0) is 4.74 Å². The summed E-state index contributed by atoms with van der Waals surface area (Å²) in [5.74, 6) is 1.59. The van der Waals surface area contributed by atoms with Crippen molar-refractivity contribution in [2.75, 3.05) is 24.5 Å². The first kappa shape index (κ1) is 24.2. The number of ether oxygens (including phenoxy) is 1. The lowest BCUT2D eigenvalue weighted by atomic mass is 9.94. The molecule has 1 saturated heterocycles. The molecule has 5 rings (SSSR count). The topological polar surface area (TPSA) is 95.2 Å². The summed E-state index contributed by atoms with van der Waals surface area (Å²) in [5, 5.41) is 18.5. The van der Waals surface area contributed by atoms with E-state index in [1.54, 1.807) is 12.3 Å². The van der Waals surface area contributed by atoms with Crippen LogP contribution in [-0.4, -0.2) is 57.5 Å². The van der Waals surface area contributed by atoms with Crippen molar-refractivity contribution in [1.29, 1.82) is 5.26 Å². The Morgan fingerprint density at radius 1 is 1.25 bits per heavy atom. The molecule has 2 aliphatic carbocycles. The number of piperazine rings is 1. The summed E-state index contributed by atoms with van der Waals surface area (Å²) in [6, 6.07) is 4.46. The molecule has 0 N–H and O–H groups in total. The minimum Gasteiger partial charge on any atom is -0.444 e. The van der Waals surface area contributed by atoms with Crippen LogP contribution in [0.25, 0.3) is 17.2 Å². The van der Waals surface area contributed by atoms with Crippen molar-refractivity contribution < 1.29 is 9.53 Å². The zero-order valence-corrected chi connectivity index (χ0v) is 21.6. The van der Waals surface area contributed by atoms with Crippen LogP contribution < -0.4 is 4.90 Å². The van der Waals surface area contributed by atoms with Gasteiger partial charge in [-0.3, -0.25) is 0 Å². The lowest BCUT2D eigenvalue weighted by Gasteiger charge is -2.43. The number of carbonyl (C=O) groups excluding carboxylic acids is 1.